The van der Waals surface area contributed by atoms with Crippen molar-refractivity contribution >= 4 is 10.9 Å². The van der Waals surface area contributed by atoms with Crippen molar-refractivity contribution in [3.05, 3.63) is 86.2 Å². The van der Waals surface area contributed by atoms with Crippen LogP contribution in [0, 0.1) is 6.92 Å². The lowest BCUT2D eigenvalue weighted by atomic mass is 9.98. The Balaban J connectivity index is 2.01. The lowest BCUT2D eigenvalue weighted by Crippen LogP contribution is -2.40. The topological polar surface area (TPSA) is 78.4 Å². The maximum Gasteiger partial charge on any atom is 0.331 e. The molecular formula is C26H27N3O4. The maximum absolute atomic E-state index is 13.5. The third kappa shape index (κ3) is 3.07. The third-order valence-electron chi connectivity index (χ3n) is 6.56. The molecule has 0 spiro atoms. The van der Waals surface area contributed by atoms with Crippen molar-refractivity contribution in [1.29, 1.82) is 0 Å². The summed E-state index contributed by atoms with van der Waals surface area (Å²) < 4.78 is 11.2. The van der Waals surface area contributed by atoms with Crippen LogP contribution in [-0.4, -0.2) is 25.4 Å². The van der Waals surface area contributed by atoms with Gasteiger partial charge >= 0.3 is 5.69 Å². The highest BCUT2D eigenvalue weighted by Gasteiger charge is 2.40. The van der Waals surface area contributed by atoms with Gasteiger partial charge in [-0.05, 0) is 44.0 Å². The first-order chi connectivity index (χ1) is 15.6. The van der Waals surface area contributed by atoms with Crippen molar-refractivity contribution in [3.63, 3.8) is 0 Å². The molecule has 1 N–H and O–H groups in total. The van der Waals surface area contributed by atoms with Gasteiger partial charge in [0.25, 0.3) is 5.56 Å². The lowest BCUT2D eigenvalue weighted by Gasteiger charge is -2.39. The van der Waals surface area contributed by atoms with Crippen LogP contribution in [0.5, 0.6) is 5.75 Å². The molecule has 1 unspecified atom stereocenters. The number of aromatic nitrogens is 3. The highest BCUT2D eigenvalue weighted by molar-refractivity contribution is 5.96. The molecule has 1 aliphatic heterocycles. The largest absolute Gasteiger partial charge is 0.508 e. The Hall–Kier alpha value is -3.58. The average Bonchev–Trinajstić information content (AvgIpc) is 3.14. The highest BCUT2D eigenvalue weighted by Crippen LogP contribution is 2.45. The first kappa shape index (κ1) is 21.3. The second-order valence-corrected chi connectivity index (χ2v) is 9.46. The molecule has 33 heavy (non-hydrogen) atoms. The van der Waals surface area contributed by atoms with Crippen LogP contribution in [0.1, 0.15) is 36.8 Å². The van der Waals surface area contributed by atoms with Crippen molar-refractivity contribution in [2.45, 2.75) is 32.4 Å². The van der Waals surface area contributed by atoms with Crippen molar-refractivity contribution in [2.75, 3.05) is 6.61 Å². The summed E-state index contributed by atoms with van der Waals surface area (Å²) in [7, 11) is 3.19. The summed E-state index contributed by atoms with van der Waals surface area (Å²) in [4.78, 5) is 26.5. The predicted octanol–water partition coefficient (Wildman–Crippen LogP) is 3.57. The monoisotopic (exact) mass is 445 g/mol. The van der Waals surface area contributed by atoms with Gasteiger partial charge < -0.3 is 14.4 Å². The fourth-order valence-electron chi connectivity index (χ4n) is 4.92. The molecule has 1 aliphatic rings. The van der Waals surface area contributed by atoms with E-state index in [2.05, 4.69) is 18.4 Å². The first-order valence-electron chi connectivity index (χ1n) is 10.9. The van der Waals surface area contributed by atoms with Gasteiger partial charge in [-0.25, -0.2) is 4.79 Å². The van der Waals surface area contributed by atoms with Gasteiger partial charge in [-0.1, -0.05) is 42.0 Å². The number of phenols is 1. The summed E-state index contributed by atoms with van der Waals surface area (Å²) in [5, 5.41) is 10.6. The molecule has 0 fully saturated rings. The summed E-state index contributed by atoms with van der Waals surface area (Å²) >= 11 is 0. The minimum Gasteiger partial charge on any atom is -0.508 e. The van der Waals surface area contributed by atoms with Gasteiger partial charge in [0.15, 0.2) is 0 Å². The van der Waals surface area contributed by atoms with E-state index < -0.39 is 17.3 Å². The van der Waals surface area contributed by atoms with Crippen LogP contribution in [0.4, 0.5) is 0 Å². The predicted molar refractivity (Wildman–Crippen MR) is 128 cm³/mol. The van der Waals surface area contributed by atoms with Crippen LogP contribution >= 0.6 is 0 Å². The fraction of sp³-hybridized carbons (Fsp3) is 0.308. The molecule has 2 aromatic heterocycles. The van der Waals surface area contributed by atoms with E-state index in [1.807, 2.05) is 37.3 Å². The van der Waals surface area contributed by atoms with E-state index in [1.54, 1.807) is 25.2 Å². The van der Waals surface area contributed by atoms with Crippen LogP contribution in [0.3, 0.4) is 0 Å². The summed E-state index contributed by atoms with van der Waals surface area (Å²) in [6, 6.07) is 15.0. The molecule has 170 valence electrons. The van der Waals surface area contributed by atoms with E-state index in [9.17, 15) is 14.7 Å². The second kappa shape index (κ2) is 7.22. The van der Waals surface area contributed by atoms with Crippen LogP contribution in [-0.2, 0) is 24.4 Å². The number of benzene rings is 2. The number of hydrogen-bond acceptors (Lipinski definition) is 4. The van der Waals surface area contributed by atoms with E-state index >= 15 is 0 Å². The zero-order valence-corrected chi connectivity index (χ0v) is 19.4. The number of aromatic hydroxyl groups is 1. The molecule has 4 aromatic rings. The number of nitrogens with zero attached hydrogens (tertiary/aromatic N) is 3. The standard InChI is InChI=1S/C26H27N3O4/c1-15-9-11-16(12-10-15)20-19-21(27(4)25(32)28(5)24(19)31)22-23(17-7-6-8-18(30)13-17)33-14-26(2,3)29(20)22/h6-13,23,30H,14H2,1-5H3. The van der Waals surface area contributed by atoms with Crippen molar-refractivity contribution in [1.82, 2.24) is 13.7 Å². The maximum atomic E-state index is 13.5. The highest BCUT2D eigenvalue weighted by atomic mass is 16.5. The molecule has 3 heterocycles. The molecular weight excluding hydrogens is 418 g/mol. The Labute approximate surface area is 191 Å². The Kier molecular flexibility index (Phi) is 4.65. The van der Waals surface area contributed by atoms with Gasteiger partial charge in [0.1, 0.15) is 11.9 Å². The number of rotatable bonds is 2. The molecule has 0 amide bonds. The number of phenolic OH excluding ortho intramolecular Hbond substituents is 1. The number of fused-ring (bicyclic) bond motifs is 3. The molecule has 0 saturated carbocycles. The fourth-order valence-corrected chi connectivity index (χ4v) is 4.92. The van der Waals surface area contributed by atoms with Gasteiger partial charge in [0.05, 0.1) is 34.4 Å². The molecule has 0 bridgehead atoms. The first-order valence-corrected chi connectivity index (χ1v) is 10.9. The SMILES string of the molecule is Cc1ccc(-c2c3c(=O)n(C)c(=O)n(C)c3c3n2C(C)(C)COC3c2cccc(O)c2)cc1. The summed E-state index contributed by atoms with van der Waals surface area (Å²) in [5.74, 6) is 0.131. The Bertz CT molecular complexity index is 1520. The molecule has 0 aliphatic carbocycles. The van der Waals surface area contributed by atoms with Crippen LogP contribution < -0.4 is 11.2 Å². The third-order valence-corrected chi connectivity index (χ3v) is 6.56. The molecule has 7 nitrogen and oxygen atoms in total. The van der Waals surface area contributed by atoms with Gasteiger partial charge in [0, 0.05) is 14.1 Å². The van der Waals surface area contributed by atoms with E-state index in [4.69, 9.17) is 4.74 Å². The molecule has 2 aromatic carbocycles. The van der Waals surface area contributed by atoms with E-state index in [1.165, 1.54) is 11.6 Å². The van der Waals surface area contributed by atoms with Crippen LogP contribution in [0.2, 0.25) is 0 Å². The minimum absolute atomic E-state index is 0.131. The normalized spacial score (nSPS) is 17.3. The van der Waals surface area contributed by atoms with Crippen molar-refractivity contribution in [3.8, 4) is 17.0 Å². The Morgan fingerprint density at radius 2 is 1.73 bits per heavy atom. The molecule has 0 radical (unpaired) electrons. The summed E-state index contributed by atoms with van der Waals surface area (Å²) in [5.41, 5.74) is 3.63. The molecule has 1 atom stereocenters. The summed E-state index contributed by atoms with van der Waals surface area (Å²) in [6.45, 7) is 6.55. The summed E-state index contributed by atoms with van der Waals surface area (Å²) in [6.07, 6.45) is -0.551. The van der Waals surface area contributed by atoms with E-state index in [-0.39, 0.29) is 11.3 Å². The number of hydrogen-bond donors (Lipinski definition) is 1. The molecule has 5 rings (SSSR count). The minimum atomic E-state index is -0.551. The van der Waals surface area contributed by atoms with Crippen molar-refractivity contribution < 1.29 is 9.84 Å². The Morgan fingerprint density at radius 1 is 1.03 bits per heavy atom. The zero-order chi connectivity index (χ0) is 23.7. The lowest BCUT2D eigenvalue weighted by molar-refractivity contribution is -0.00714. The van der Waals surface area contributed by atoms with Crippen LogP contribution in [0.25, 0.3) is 22.2 Å². The van der Waals surface area contributed by atoms with Gasteiger partial charge in [-0.15, -0.1) is 0 Å². The van der Waals surface area contributed by atoms with Crippen LogP contribution in [0.15, 0.2) is 58.1 Å². The second-order valence-electron chi connectivity index (χ2n) is 9.46. The number of aryl methyl sites for hydroxylation is 2. The van der Waals surface area contributed by atoms with E-state index in [0.29, 0.717) is 17.5 Å². The molecule has 0 saturated heterocycles. The van der Waals surface area contributed by atoms with Gasteiger partial charge in [-0.3, -0.25) is 13.9 Å². The number of ether oxygens (including phenoxy) is 1. The van der Waals surface area contributed by atoms with E-state index in [0.717, 1.165) is 32.6 Å². The van der Waals surface area contributed by atoms with Gasteiger partial charge in [0.2, 0.25) is 0 Å². The van der Waals surface area contributed by atoms with Gasteiger partial charge in [-0.2, -0.15) is 0 Å². The Morgan fingerprint density at radius 3 is 2.39 bits per heavy atom. The smallest absolute Gasteiger partial charge is 0.331 e. The van der Waals surface area contributed by atoms with Crippen molar-refractivity contribution in [2.24, 2.45) is 14.1 Å². The zero-order valence-electron chi connectivity index (χ0n) is 19.4. The average molecular weight is 446 g/mol. The quantitative estimate of drug-likeness (QED) is 0.512. The molecule has 7 heteroatoms.